The van der Waals surface area contributed by atoms with Crippen molar-refractivity contribution in [3.8, 4) is 0 Å². The lowest BCUT2D eigenvalue weighted by molar-refractivity contribution is 0.0724. The first-order chi connectivity index (χ1) is 11.7. The molecule has 128 valence electrons. The van der Waals surface area contributed by atoms with Gasteiger partial charge in [-0.1, -0.05) is 18.5 Å². The summed E-state index contributed by atoms with van der Waals surface area (Å²) >= 11 is 8.11. The Hall–Kier alpha value is -1.59. The summed E-state index contributed by atoms with van der Waals surface area (Å²) in [5.74, 6) is 0.653. The van der Waals surface area contributed by atoms with Crippen molar-refractivity contribution in [3.63, 3.8) is 0 Å². The minimum Gasteiger partial charge on any atom is -0.364 e. The van der Waals surface area contributed by atoms with E-state index in [1.165, 1.54) is 16.2 Å². The van der Waals surface area contributed by atoms with Crippen LogP contribution in [0, 0.1) is 0 Å². The van der Waals surface area contributed by atoms with Gasteiger partial charge in [0.05, 0.1) is 17.1 Å². The highest BCUT2D eigenvalue weighted by Gasteiger charge is 2.19. The van der Waals surface area contributed by atoms with Gasteiger partial charge in [0.1, 0.15) is 5.82 Å². The maximum Gasteiger partial charge on any atom is 0.255 e. The summed E-state index contributed by atoms with van der Waals surface area (Å²) in [4.78, 5) is 21.3. The van der Waals surface area contributed by atoms with Gasteiger partial charge in [0.2, 0.25) is 0 Å². The number of hydrogen-bond acceptors (Lipinski definition) is 4. The molecule has 1 aliphatic rings. The quantitative estimate of drug-likeness (QED) is 0.844. The third-order valence-corrected chi connectivity index (χ3v) is 5.74. The van der Waals surface area contributed by atoms with Crippen LogP contribution in [0.4, 0.5) is 5.82 Å². The molecule has 0 atom stereocenters. The molecule has 3 heterocycles. The van der Waals surface area contributed by atoms with Gasteiger partial charge in [-0.15, -0.1) is 11.3 Å². The summed E-state index contributed by atoms with van der Waals surface area (Å²) in [6.07, 6.45) is 6.03. The summed E-state index contributed by atoms with van der Waals surface area (Å²) in [6.45, 7) is 4.50. The highest BCUT2D eigenvalue weighted by molar-refractivity contribution is 7.12. The number of nitrogens with zero attached hydrogens (tertiary/aromatic N) is 2. The predicted octanol–water partition coefficient (Wildman–Crippen LogP) is 4.60. The molecule has 1 fully saturated rings. The molecule has 3 rings (SSSR count). The summed E-state index contributed by atoms with van der Waals surface area (Å²) in [5.41, 5.74) is 0.567. The van der Waals surface area contributed by atoms with Gasteiger partial charge < -0.3 is 10.2 Å². The van der Waals surface area contributed by atoms with Crippen LogP contribution in [0.25, 0.3) is 0 Å². The number of rotatable bonds is 5. The third-order valence-electron chi connectivity index (χ3n) is 4.23. The molecule has 1 N–H and O–H groups in total. The molecule has 6 heteroatoms. The van der Waals surface area contributed by atoms with Crippen LogP contribution < -0.4 is 5.32 Å². The molecular formula is C18H22ClN3OS. The highest BCUT2D eigenvalue weighted by Crippen LogP contribution is 2.24. The molecule has 2 aromatic rings. The fourth-order valence-corrected chi connectivity index (χ4v) is 3.97. The van der Waals surface area contributed by atoms with Crippen LogP contribution in [-0.2, 0) is 13.0 Å². The molecule has 24 heavy (non-hydrogen) atoms. The van der Waals surface area contributed by atoms with Crippen molar-refractivity contribution in [1.29, 1.82) is 0 Å². The fraction of sp³-hybridized carbons (Fsp3) is 0.444. The highest BCUT2D eigenvalue weighted by atomic mass is 35.5. The molecule has 0 bridgehead atoms. The van der Waals surface area contributed by atoms with E-state index in [9.17, 15) is 4.79 Å². The summed E-state index contributed by atoms with van der Waals surface area (Å²) in [6, 6.07) is 6.00. The van der Waals surface area contributed by atoms with Gasteiger partial charge in [-0.05, 0) is 43.9 Å². The van der Waals surface area contributed by atoms with E-state index in [-0.39, 0.29) is 5.91 Å². The first kappa shape index (κ1) is 17.2. The van der Waals surface area contributed by atoms with E-state index in [0.29, 0.717) is 22.9 Å². The average molecular weight is 364 g/mol. The Morgan fingerprint density at radius 2 is 2.04 bits per heavy atom. The van der Waals surface area contributed by atoms with E-state index >= 15 is 0 Å². The SMILES string of the molecule is CCc1ccc(CNc2ncc(C(=O)N3CCCCC3)cc2Cl)s1. The Kier molecular flexibility index (Phi) is 5.74. The van der Waals surface area contributed by atoms with Crippen LogP contribution in [0.3, 0.4) is 0 Å². The lowest BCUT2D eigenvalue weighted by Gasteiger charge is -2.26. The van der Waals surface area contributed by atoms with Crippen LogP contribution in [0.1, 0.15) is 46.3 Å². The molecule has 2 aromatic heterocycles. The fourth-order valence-electron chi connectivity index (χ4n) is 2.84. The molecule has 0 unspecified atom stereocenters. The zero-order valence-electron chi connectivity index (χ0n) is 13.8. The van der Waals surface area contributed by atoms with E-state index in [0.717, 1.165) is 32.4 Å². The standard InChI is InChI=1S/C18H22ClN3OS/c1-2-14-6-7-15(24-14)12-21-17-16(19)10-13(11-20-17)18(23)22-8-4-3-5-9-22/h6-7,10-11H,2-5,8-9,12H2,1H3,(H,20,21). The molecular weight excluding hydrogens is 342 g/mol. The number of thiophene rings is 1. The number of nitrogens with one attached hydrogen (secondary N) is 1. The van der Waals surface area contributed by atoms with Crippen LogP contribution >= 0.6 is 22.9 Å². The lowest BCUT2D eigenvalue weighted by atomic mass is 10.1. The number of aromatic nitrogens is 1. The second-order valence-corrected chi connectivity index (χ2v) is 7.64. The van der Waals surface area contributed by atoms with Gasteiger partial charge in [0, 0.05) is 29.0 Å². The summed E-state index contributed by atoms with van der Waals surface area (Å²) < 4.78 is 0. The summed E-state index contributed by atoms with van der Waals surface area (Å²) in [7, 11) is 0. The van der Waals surface area contributed by atoms with Crippen molar-refractivity contribution in [2.24, 2.45) is 0 Å². The van der Waals surface area contributed by atoms with Crippen molar-refractivity contribution in [2.45, 2.75) is 39.2 Å². The Morgan fingerprint density at radius 1 is 1.29 bits per heavy atom. The van der Waals surface area contributed by atoms with Crippen molar-refractivity contribution in [2.75, 3.05) is 18.4 Å². The topological polar surface area (TPSA) is 45.2 Å². The molecule has 0 spiro atoms. The number of anilines is 1. The van der Waals surface area contributed by atoms with Crippen molar-refractivity contribution in [3.05, 3.63) is 44.7 Å². The Balaban J connectivity index is 1.64. The number of aryl methyl sites for hydroxylation is 1. The monoisotopic (exact) mass is 363 g/mol. The van der Waals surface area contributed by atoms with Crippen LogP contribution in [0.2, 0.25) is 5.02 Å². The first-order valence-corrected chi connectivity index (χ1v) is 9.63. The van der Waals surface area contributed by atoms with Gasteiger partial charge >= 0.3 is 0 Å². The molecule has 1 saturated heterocycles. The van der Waals surface area contributed by atoms with E-state index in [4.69, 9.17) is 11.6 Å². The molecule has 4 nitrogen and oxygen atoms in total. The third kappa shape index (κ3) is 4.08. The van der Waals surface area contributed by atoms with Gasteiger partial charge in [-0.25, -0.2) is 4.98 Å². The van der Waals surface area contributed by atoms with E-state index in [1.54, 1.807) is 23.6 Å². The van der Waals surface area contributed by atoms with Gasteiger partial charge in [-0.3, -0.25) is 4.79 Å². The van der Waals surface area contributed by atoms with Crippen molar-refractivity contribution in [1.82, 2.24) is 9.88 Å². The number of pyridine rings is 1. The van der Waals surface area contributed by atoms with Crippen LogP contribution in [0.15, 0.2) is 24.4 Å². The first-order valence-electron chi connectivity index (χ1n) is 8.43. The minimum atomic E-state index is 0.0292. The summed E-state index contributed by atoms with van der Waals surface area (Å²) in [5, 5.41) is 3.75. The van der Waals surface area contributed by atoms with Gasteiger partial charge in [0.25, 0.3) is 5.91 Å². The molecule has 0 saturated carbocycles. The molecule has 0 aromatic carbocycles. The Bertz CT molecular complexity index is 710. The van der Waals surface area contributed by atoms with Crippen LogP contribution in [0.5, 0.6) is 0 Å². The lowest BCUT2D eigenvalue weighted by Crippen LogP contribution is -2.35. The Morgan fingerprint density at radius 3 is 2.71 bits per heavy atom. The number of piperidine rings is 1. The van der Waals surface area contributed by atoms with Crippen molar-refractivity contribution < 1.29 is 4.79 Å². The smallest absolute Gasteiger partial charge is 0.255 e. The van der Waals surface area contributed by atoms with E-state index in [2.05, 4.69) is 29.4 Å². The average Bonchev–Trinajstić information content (AvgIpc) is 3.09. The largest absolute Gasteiger partial charge is 0.364 e. The second-order valence-electron chi connectivity index (χ2n) is 5.98. The van der Waals surface area contributed by atoms with E-state index < -0.39 is 0 Å². The number of carbonyl (C=O) groups excluding carboxylic acids is 1. The number of amides is 1. The van der Waals surface area contributed by atoms with Gasteiger partial charge in [0.15, 0.2) is 0 Å². The number of halogens is 1. The zero-order chi connectivity index (χ0) is 16.9. The normalized spacial score (nSPS) is 14.7. The van der Waals surface area contributed by atoms with Gasteiger partial charge in [-0.2, -0.15) is 0 Å². The van der Waals surface area contributed by atoms with Crippen molar-refractivity contribution >= 4 is 34.7 Å². The molecule has 0 radical (unpaired) electrons. The predicted molar refractivity (Wildman–Crippen MR) is 100 cm³/mol. The minimum absolute atomic E-state index is 0.0292. The number of carbonyl (C=O) groups is 1. The zero-order valence-corrected chi connectivity index (χ0v) is 15.4. The number of hydrogen-bond donors (Lipinski definition) is 1. The maximum atomic E-state index is 12.5. The second kappa shape index (κ2) is 7.99. The van der Waals surface area contributed by atoms with E-state index in [1.807, 2.05) is 4.90 Å². The van der Waals surface area contributed by atoms with Crippen LogP contribution in [-0.4, -0.2) is 28.9 Å². The molecule has 0 aliphatic carbocycles. The molecule has 1 amide bonds. The number of likely N-dealkylation sites (tertiary alicyclic amines) is 1. The molecule has 1 aliphatic heterocycles. The Labute approximate surface area is 151 Å². The maximum absolute atomic E-state index is 12.5.